The Kier molecular flexibility index (Phi) is 23.0. The van der Waals surface area contributed by atoms with Gasteiger partial charge in [0.15, 0.2) is 41.7 Å². The molecule has 0 bridgehead atoms. The van der Waals surface area contributed by atoms with Gasteiger partial charge in [-0.05, 0) is 6.92 Å². The van der Waals surface area contributed by atoms with E-state index in [1.165, 1.54) is 6.92 Å². The van der Waals surface area contributed by atoms with Crippen molar-refractivity contribution in [2.75, 3.05) is 53.1 Å². The van der Waals surface area contributed by atoms with Gasteiger partial charge in [-0.25, -0.2) is 41.5 Å². The Morgan fingerprint density at radius 2 is 0.919 bits per heavy atom. The van der Waals surface area contributed by atoms with Gasteiger partial charge in [-0.15, -0.1) is 0 Å². The van der Waals surface area contributed by atoms with E-state index in [2.05, 4.69) is 27.8 Å². The third-order valence-corrected chi connectivity index (χ3v) is 12.6. The van der Waals surface area contributed by atoms with Crippen LogP contribution in [0.5, 0.6) is 0 Å². The van der Waals surface area contributed by atoms with Gasteiger partial charge >= 0.3 is 28.4 Å². The fraction of sp³-hybridized carbons (Fsp3) is 0.532. The molecule has 4 aromatic heterocycles. The normalized spacial score (nSPS) is 31.3. The topological polar surface area (TPSA) is 525 Å². The lowest BCUT2D eigenvalue weighted by Gasteiger charge is -2.27. The van der Waals surface area contributed by atoms with Gasteiger partial charge < -0.3 is 80.2 Å². The first-order chi connectivity index (χ1) is 40.6. The van der Waals surface area contributed by atoms with Crippen LogP contribution in [-0.4, -0.2) is 234 Å². The molecule has 0 saturated carbocycles. The second kappa shape index (κ2) is 28.8. The van der Waals surface area contributed by atoms with Crippen LogP contribution in [0.2, 0.25) is 0 Å². The van der Waals surface area contributed by atoms with Gasteiger partial charge in [0.1, 0.15) is 88.1 Å². The molecule has 86 heavy (non-hydrogen) atoms. The summed E-state index contributed by atoms with van der Waals surface area (Å²) in [6, 6.07) is 1.09. The molecule has 468 valence electrons. The van der Waals surface area contributed by atoms with Crippen molar-refractivity contribution >= 4 is 0 Å². The van der Waals surface area contributed by atoms with E-state index in [0.717, 1.165) is 23.2 Å². The molecule has 16 atom stereocenters. The summed E-state index contributed by atoms with van der Waals surface area (Å²) in [6.45, 7) is -5.72. The Labute approximate surface area is 473 Å². The third kappa shape index (κ3) is 14.1. The minimum absolute atomic E-state index is 0.144. The van der Waals surface area contributed by atoms with Crippen molar-refractivity contribution in [3.63, 3.8) is 0 Å². The van der Waals surface area contributed by atoms with Crippen molar-refractivity contribution in [1.29, 1.82) is 0 Å². The van der Waals surface area contributed by atoms with E-state index < -0.39 is 200 Å². The second-order valence-electron chi connectivity index (χ2n) is 18.0. The minimum atomic E-state index is -2.48. The van der Waals surface area contributed by atoms with Crippen LogP contribution in [0.1, 0.15) is 30.6 Å². The lowest BCUT2D eigenvalue weighted by Crippen LogP contribution is -2.49. The Balaban J connectivity index is 0.000000209. The van der Waals surface area contributed by atoms with Gasteiger partial charge in [0.2, 0.25) is 11.4 Å². The zero-order valence-electron chi connectivity index (χ0n) is 43.7. The molecule has 4 unspecified atom stereocenters. The van der Waals surface area contributed by atoms with Crippen molar-refractivity contribution in [2.24, 2.45) is 0 Å². The Bertz CT molecular complexity index is 3710. The Morgan fingerprint density at radius 3 is 1.33 bits per heavy atom. The zero-order valence-corrected chi connectivity index (χ0v) is 43.7. The highest BCUT2D eigenvalue weighted by Gasteiger charge is 2.59. The predicted molar refractivity (Wildman–Crippen MR) is 268 cm³/mol. The van der Waals surface area contributed by atoms with E-state index >= 15 is 0 Å². The summed E-state index contributed by atoms with van der Waals surface area (Å²) in [4.78, 5) is 102. The highest BCUT2D eigenvalue weighted by atomic mass is 19.1. The van der Waals surface area contributed by atoms with Gasteiger partial charge in [-0.1, -0.05) is 47.4 Å². The highest BCUT2D eigenvalue weighted by Crippen LogP contribution is 2.40. The molecule has 4 aliphatic heterocycles. The molecule has 8 rings (SSSR count). The van der Waals surface area contributed by atoms with Crippen LogP contribution in [0.4, 0.5) is 22.0 Å². The zero-order chi connectivity index (χ0) is 64.2. The fourth-order valence-electron chi connectivity index (χ4n) is 8.56. The first-order valence-corrected chi connectivity index (χ1v) is 24.2. The number of aliphatic hydroxyl groups is 12. The molecular formula is C47H51F5N10O24. The molecule has 0 spiro atoms. The number of halogens is 5. The molecule has 8 heterocycles. The smallest absolute Gasteiger partial charge is 0.350 e. The van der Waals surface area contributed by atoms with E-state index in [4.69, 9.17) is 34.3 Å². The highest BCUT2D eigenvalue weighted by molar-refractivity contribution is 5.26. The molecule has 34 nitrogen and oxygen atoms in total. The molecule has 4 aromatic rings. The lowest BCUT2D eigenvalue weighted by atomic mass is 9.94. The number of hydrogen-bond acceptors (Lipinski definition) is 26. The van der Waals surface area contributed by atoms with Gasteiger partial charge in [0.25, 0.3) is 16.7 Å². The average molecular weight is 1230 g/mol. The van der Waals surface area contributed by atoms with E-state index in [0.29, 0.717) is 20.0 Å². The number of aryl methyl sites for hydroxylation is 1. The van der Waals surface area contributed by atoms with E-state index in [1.807, 2.05) is 44.6 Å². The summed E-state index contributed by atoms with van der Waals surface area (Å²) < 4.78 is 85.5. The van der Waals surface area contributed by atoms with Crippen LogP contribution >= 0.6 is 0 Å². The van der Waals surface area contributed by atoms with Crippen molar-refractivity contribution < 1.29 is 102 Å². The predicted octanol–water partition coefficient (Wildman–Crippen LogP) is -10.8. The van der Waals surface area contributed by atoms with Crippen LogP contribution in [0, 0.1) is 60.1 Å². The third-order valence-electron chi connectivity index (χ3n) is 12.6. The maximum Gasteiger partial charge on any atom is 0.350 e. The molecule has 39 heteroatoms. The molecule has 4 saturated heterocycles. The number of nitrogens with one attached hydrogen (secondary N) is 4. The quantitative estimate of drug-likeness (QED) is 0.0575. The number of aromatic amines is 4. The number of H-pyrrole nitrogens is 4. The summed E-state index contributed by atoms with van der Waals surface area (Å²) in [7, 11) is 0. The Morgan fingerprint density at radius 1 is 0.535 bits per heavy atom. The maximum atomic E-state index is 13.3. The monoisotopic (exact) mass is 1230 g/mol. The van der Waals surface area contributed by atoms with Crippen molar-refractivity contribution in [3.8, 4) is 47.4 Å². The summed E-state index contributed by atoms with van der Waals surface area (Å²) in [5.41, 5.74) is -17.0. The standard InChI is InChI=1S/C13H15FN2O6.C12H12F2N2O6.2C11H12FN3O6/c1-7-5-9(18)15-12(20)16(7)11-13(21,3-2-4-14)10(19)8(6-17)22-11;13-3-1-2-12(21)8(18)7(5-17)22-10(12)16-4-6(14)9(19)15-11(16)20;12-3-1-2-11(20)8(18)6(5-16)21-9(11)15-10(19)14-7(17)4-13-15;12-3-1-2-11(20)7(17)6(4-16)21-8(11)15-5-13-9(18)14-10(15)19/h5,8,10-11,17,19,21H,4,6H2,1H3,(H,15,18,20);4,7-8,10,17-18,21H,3,5H2,(H,15,19,20);4,6,8-9,16,18,20H,3,5H2,(H,14,17,19);5-8,16-17,20H,3-4H2,(H,14,18,19)/t8-,10+,11-,13?;7-,8+,10-,12?;6-,8+,9-,11?;6-,7+,8-,11?/m1111/s1. The summed E-state index contributed by atoms with van der Waals surface area (Å²) in [5, 5.41) is 122. The van der Waals surface area contributed by atoms with Gasteiger partial charge in [-0.2, -0.15) is 19.2 Å². The number of ether oxygens (including phenoxy) is 4. The first-order valence-electron chi connectivity index (χ1n) is 24.2. The summed E-state index contributed by atoms with van der Waals surface area (Å²) in [6.07, 6.45) is -16.3. The molecule has 4 aliphatic rings. The van der Waals surface area contributed by atoms with Crippen LogP contribution in [0.15, 0.2) is 63.1 Å². The van der Waals surface area contributed by atoms with E-state index in [-0.39, 0.29) is 5.69 Å². The van der Waals surface area contributed by atoms with Crippen molar-refractivity contribution in [2.45, 2.75) is 103 Å². The second-order valence-corrected chi connectivity index (χ2v) is 18.0. The SMILES string of the molecule is Cc1cc(=O)[nH]c(=O)n1[C@@H]1O[C@H](CO)[C@H](O)C1(O)C#CCF.O=c1[nH]c(=O)n([C@@H]2O[C@H](CO)[C@H](O)C2(O)C#CCF)cc1F.O=c1cnn([C@@H]2O[C@H](CO)[C@H](O)C2(O)C#CCF)c(=O)[nH]1.O=c1ncn([C@@H]2O[C@H](CO)[C@H](O)C2(O)C#CCF)c(=O)[nH]1. The van der Waals surface area contributed by atoms with Crippen LogP contribution in [-0.2, 0) is 18.9 Å². The van der Waals surface area contributed by atoms with E-state index in [9.17, 15) is 106 Å². The van der Waals surface area contributed by atoms with Gasteiger partial charge in [-0.3, -0.25) is 48.0 Å². The van der Waals surface area contributed by atoms with Crippen LogP contribution in [0.25, 0.3) is 0 Å². The molecule has 0 radical (unpaired) electrons. The van der Waals surface area contributed by atoms with E-state index in [1.54, 1.807) is 4.98 Å². The molecule has 0 amide bonds. The maximum absolute atomic E-state index is 13.3. The van der Waals surface area contributed by atoms with Crippen LogP contribution in [0.3, 0.4) is 0 Å². The molecule has 4 fully saturated rings. The number of rotatable bonds is 8. The fourth-order valence-corrected chi connectivity index (χ4v) is 8.56. The number of aliphatic hydroxyl groups excluding tert-OH is 8. The van der Waals surface area contributed by atoms with Gasteiger partial charge in [0, 0.05) is 11.8 Å². The largest absolute Gasteiger partial charge is 0.394 e. The summed E-state index contributed by atoms with van der Waals surface area (Å²) in [5.74, 6) is 14.7. The molecule has 0 aliphatic carbocycles. The minimum Gasteiger partial charge on any atom is -0.394 e. The van der Waals surface area contributed by atoms with Gasteiger partial charge in [0.05, 0.1) is 32.6 Å². The van der Waals surface area contributed by atoms with Crippen LogP contribution < -0.4 is 45.1 Å². The molecular weight excluding hydrogens is 1180 g/mol. The summed E-state index contributed by atoms with van der Waals surface area (Å²) >= 11 is 0. The Hall–Kier alpha value is -8.17. The van der Waals surface area contributed by atoms with Crippen molar-refractivity contribution in [3.05, 3.63) is 120 Å². The molecule has 0 aromatic carbocycles. The lowest BCUT2D eigenvalue weighted by molar-refractivity contribution is -0.0838. The number of aromatic nitrogens is 10. The number of hydrogen-bond donors (Lipinski definition) is 16. The number of nitrogens with zero attached hydrogens (tertiary/aromatic N) is 6. The van der Waals surface area contributed by atoms with Crippen molar-refractivity contribution in [1.82, 2.24) is 48.4 Å². The first kappa shape index (κ1) is 68.6. The number of alkyl halides is 4. The average Bonchev–Trinajstić information content (AvgIpc) is 1.70. The molecule has 16 N–H and O–H groups in total.